The van der Waals surface area contributed by atoms with Crippen LogP contribution < -0.4 is 5.48 Å². The Morgan fingerprint density at radius 1 is 1.17 bits per heavy atom. The van der Waals surface area contributed by atoms with E-state index in [2.05, 4.69) is 10.1 Å². The molecule has 0 aromatic heterocycles. The molecular formula is C3H13NO6P2. The molecule has 12 heavy (non-hydrogen) atoms. The van der Waals surface area contributed by atoms with Gasteiger partial charge in [0.1, 0.15) is 0 Å². The van der Waals surface area contributed by atoms with Gasteiger partial charge in [0, 0.05) is 20.4 Å². The summed E-state index contributed by atoms with van der Waals surface area (Å²) in [5, 5.41) is 0. The zero-order valence-electron chi connectivity index (χ0n) is 6.96. The number of hydroxylamine groups is 1. The maximum atomic E-state index is 10.1. The van der Waals surface area contributed by atoms with Crippen molar-refractivity contribution in [2.24, 2.45) is 0 Å². The second-order valence-electron chi connectivity index (χ2n) is 1.93. The Labute approximate surface area is 70.4 Å². The Morgan fingerprint density at radius 2 is 1.42 bits per heavy atom. The van der Waals surface area contributed by atoms with Crippen LogP contribution in [0.25, 0.3) is 0 Å². The molecule has 0 aromatic carbocycles. The van der Waals surface area contributed by atoms with Crippen LogP contribution in [0.15, 0.2) is 0 Å². The Balaban J connectivity index is 0. The minimum absolute atomic E-state index is 0.854. The second-order valence-corrected chi connectivity index (χ2v) is 5.39. The fraction of sp³-hybridized carbons (Fsp3) is 1.00. The van der Waals surface area contributed by atoms with E-state index < -0.39 is 15.2 Å². The Hall–Kier alpha value is 0.260. The SMILES string of the molecule is CNOP(C)(=O)O.CP(=O)(O)O. The standard InChI is InChI=1S/C2H8NO3P.CH5O3P/c1-3-6-7(2,4)5;1-5(2,3)4/h3H,1-2H3,(H,4,5);1H3,(H2,2,3,4). The average molecular weight is 221 g/mol. The third kappa shape index (κ3) is 48.5. The van der Waals surface area contributed by atoms with Gasteiger partial charge in [0.15, 0.2) is 0 Å². The summed E-state index contributed by atoms with van der Waals surface area (Å²) in [6, 6.07) is 0. The molecule has 9 heteroatoms. The van der Waals surface area contributed by atoms with Crippen molar-refractivity contribution in [3.63, 3.8) is 0 Å². The van der Waals surface area contributed by atoms with Gasteiger partial charge in [-0.25, -0.2) is 4.62 Å². The minimum Gasteiger partial charge on any atom is -0.325 e. The summed E-state index contributed by atoms with van der Waals surface area (Å²) in [4.78, 5) is 23.6. The first-order chi connectivity index (χ1) is 5.06. The number of nitrogens with one attached hydrogen (secondary N) is 1. The van der Waals surface area contributed by atoms with Crippen LogP contribution in [0.4, 0.5) is 0 Å². The number of hydrogen-bond donors (Lipinski definition) is 4. The first-order valence-corrected chi connectivity index (χ1v) is 6.83. The van der Waals surface area contributed by atoms with Crippen LogP contribution in [0.2, 0.25) is 0 Å². The molecular weight excluding hydrogens is 208 g/mol. The average Bonchev–Trinajstić information content (AvgIpc) is 1.54. The smallest absolute Gasteiger partial charge is 0.325 e. The van der Waals surface area contributed by atoms with Crippen LogP contribution >= 0.6 is 15.2 Å². The molecule has 0 spiro atoms. The van der Waals surface area contributed by atoms with Gasteiger partial charge in [0.25, 0.3) is 0 Å². The molecule has 76 valence electrons. The molecule has 0 aromatic rings. The van der Waals surface area contributed by atoms with Gasteiger partial charge in [-0.2, -0.15) is 5.48 Å². The van der Waals surface area contributed by atoms with Crippen molar-refractivity contribution >= 4 is 15.2 Å². The lowest BCUT2D eigenvalue weighted by molar-refractivity contribution is 0.192. The lowest BCUT2D eigenvalue weighted by Gasteiger charge is -2.00. The molecule has 0 rings (SSSR count). The lowest BCUT2D eigenvalue weighted by Crippen LogP contribution is -2.03. The molecule has 7 nitrogen and oxygen atoms in total. The summed E-state index contributed by atoms with van der Waals surface area (Å²) in [5.41, 5.74) is 2.09. The van der Waals surface area contributed by atoms with E-state index in [0.717, 1.165) is 13.3 Å². The van der Waals surface area contributed by atoms with Crippen LogP contribution in [0.5, 0.6) is 0 Å². The third-order valence-electron chi connectivity index (χ3n) is 0.261. The van der Waals surface area contributed by atoms with Crippen LogP contribution in [0.3, 0.4) is 0 Å². The van der Waals surface area contributed by atoms with Gasteiger partial charge in [-0.3, -0.25) is 9.13 Å². The van der Waals surface area contributed by atoms with Crippen LogP contribution in [-0.4, -0.2) is 35.1 Å². The first kappa shape index (κ1) is 14.8. The fourth-order valence-corrected chi connectivity index (χ4v) is 0.508. The molecule has 0 aliphatic carbocycles. The highest BCUT2D eigenvalue weighted by Gasteiger charge is 2.06. The van der Waals surface area contributed by atoms with E-state index in [-0.39, 0.29) is 0 Å². The maximum Gasteiger partial charge on any atom is 0.341 e. The predicted octanol–water partition coefficient (Wildman–Crippen LogP) is -0.254. The van der Waals surface area contributed by atoms with Crippen LogP contribution in [0.1, 0.15) is 0 Å². The molecule has 0 saturated carbocycles. The topological polar surface area (TPSA) is 116 Å². The lowest BCUT2D eigenvalue weighted by atomic mass is 11.6. The van der Waals surface area contributed by atoms with E-state index in [0.29, 0.717) is 0 Å². The molecule has 0 aliphatic rings. The van der Waals surface area contributed by atoms with Crippen molar-refractivity contribution in [3.05, 3.63) is 0 Å². The zero-order valence-corrected chi connectivity index (χ0v) is 8.75. The molecule has 0 fully saturated rings. The molecule has 1 unspecified atom stereocenters. The predicted molar refractivity (Wildman–Crippen MR) is 43.9 cm³/mol. The molecule has 0 amide bonds. The number of rotatable bonds is 2. The Kier molecular flexibility index (Phi) is 7.17. The van der Waals surface area contributed by atoms with Crippen molar-refractivity contribution in [1.82, 2.24) is 5.48 Å². The van der Waals surface area contributed by atoms with Gasteiger partial charge >= 0.3 is 15.2 Å². The summed E-state index contributed by atoms with van der Waals surface area (Å²) in [6.45, 7) is 1.95. The van der Waals surface area contributed by atoms with E-state index in [1.165, 1.54) is 7.05 Å². The highest BCUT2D eigenvalue weighted by molar-refractivity contribution is 7.51. The minimum atomic E-state index is -3.64. The van der Waals surface area contributed by atoms with E-state index >= 15 is 0 Å². The van der Waals surface area contributed by atoms with Crippen molar-refractivity contribution in [2.75, 3.05) is 20.4 Å². The van der Waals surface area contributed by atoms with Crippen LogP contribution in [-0.2, 0) is 13.8 Å². The molecule has 0 bridgehead atoms. The third-order valence-corrected chi connectivity index (χ3v) is 0.782. The van der Waals surface area contributed by atoms with Gasteiger partial charge in [-0.1, -0.05) is 0 Å². The highest BCUT2D eigenvalue weighted by atomic mass is 31.2. The summed E-state index contributed by atoms with van der Waals surface area (Å²) in [7, 11) is -5.49. The van der Waals surface area contributed by atoms with Crippen molar-refractivity contribution in [3.8, 4) is 0 Å². The van der Waals surface area contributed by atoms with Gasteiger partial charge in [-0.05, 0) is 0 Å². The summed E-state index contributed by atoms with van der Waals surface area (Å²) >= 11 is 0. The summed E-state index contributed by atoms with van der Waals surface area (Å²) in [6.07, 6.45) is 0. The van der Waals surface area contributed by atoms with Crippen LogP contribution in [0, 0.1) is 0 Å². The van der Waals surface area contributed by atoms with Crippen molar-refractivity contribution in [1.29, 1.82) is 0 Å². The van der Waals surface area contributed by atoms with Gasteiger partial charge in [0.05, 0.1) is 0 Å². The molecule has 0 aliphatic heterocycles. The van der Waals surface area contributed by atoms with E-state index in [1.54, 1.807) is 0 Å². The Morgan fingerprint density at radius 3 is 1.42 bits per heavy atom. The van der Waals surface area contributed by atoms with E-state index in [4.69, 9.17) is 14.7 Å². The zero-order chi connectivity index (χ0) is 10.4. The molecule has 1 atom stereocenters. The van der Waals surface area contributed by atoms with Gasteiger partial charge in [0.2, 0.25) is 0 Å². The van der Waals surface area contributed by atoms with Gasteiger partial charge in [-0.15, -0.1) is 0 Å². The van der Waals surface area contributed by atoms with E-state index in [9.17, 15) is 9.13 Å². The molecule has 0 heterocycles. The maximum absolute atomic E-state index is 10.1. The van der Waals surface area contributed by atoms with Gasteiger partial charge < -0.3 is 14.7 Å². The highest BCUT2D eigenvalue weighted by Crippen LogP contribution is 2.34. The number of hydrogen-bond acceptors (Lipinski definition) is 4. The largest absolute Gasteiger partial charge is 0.341 e. The normalized spacial score (nSPS) is 15.8. The second kappa shape index (κ2) is 5.83. The summed E-state index contributed by atoms with van der Waals surface area (Å²) in [5.74, 6) is 0. The molecule has 0 radical (unpaired) electrons. The van der Waals surface area contributed by atoms with Crippen molar-refractivity contribution < 1.29 is 28.4 Å². The van der Waals surface area contributed by atoms with Crippen molar-refractivity contribution in [2.45, 2.75) is 0 Å². The van der Waals surface area contributed by atoms with E-state index in [1.807, 2.05) is 0 Å². The summed E-state index contributed by atoms with van der Waals surface area (Å²) < 4.78 is 23.5. The molecule has 4 N–H and O–H groups in total. The quantitative estimate of drug-likeness (QED) is 0.375. The Bertz CT molecular complexity index is 185. The monoisotopic (exact) mass is 221 g/mol. The molecule has 0 saturated heterocycles. The fourth-order valence-electron chi connectivity index (χ4n) is 0.169. The first-order valence-electron chi connectivity index (χ1n) is 2.75.